The Kier molecular flexibility index (Phi) is 6.04. The van der Waals surface area contributed by atoms with Crippen LogP contribution in [0.3, 0.4) is 0 Å². The van der Waals surface area contributed by atoms with Crippen LogP contribution in [-0.4, -0.2) is 54.3 Å². The average molecular weight is 411 g/mol. The van der Waals surface area contributed by atoms with Crippen LogP contribution in [0.1, 0.15) is 26.2 Å². The van der Waals surface area contributed by atoms with E-state index in [9.17, 15) is 22.8 Å². The molecule has 0 radical (unpaired) electrons. The molecule has 0 bridgehead atoms. The lowest BCUT2D eigenvalue weighted by atomic mass is 9.78. The van der Waals surface area contributed by atoms with Gasteiger partial charge in [0, 0.05) is 31.9 Å². The third-order valence-electron chi connectivity index (χ3n) is 5.51. The van der Waals surface area contributed by atoms with Crippen LogP contribution < -0.4 is 10.1 Å². The molecule has 6 nitrogen and oxygen atoms in total. The van der Waals surface area contributed by atoms with Crippen LogP contribution in [0.25, 0.3) is 0 Å². The monoisotopic (exact) mass is 411 g/mol. The van der Waals surface area contributed by atoms with Gasteiger partial charge in [-0.3, -0.25) is 4.79 Å². The van der Waals surface area contributed by atoms with Gasteiger partial charge in [-0.2, -0.15) is 0 Å². The first-order chi connectivity index (χ1) is 13.7. The predicted octanol–water partition coefficient (Wildman–Crippen LogP) is 4.01. The van der Waals surface area contributed by atoms with Crippen molar-refractivity contribution in [3.05, 3.63) is 36.4 Å². The Morgan fingerprint density at radius 2 is 1.66 bits per heavy atom. The van der Waals surface area contributed by atoms with Gasteiger partial charge in [0.1, 0.15) is 5.75 Å². The van der Waals surface area contributed by atoms with Crippen molar-refractivity contribution in [3.63, 3.8) is 0 Å². The lowest BCUT2D eigenvalue weighted by Gasteiger charge is -2.38. The molecule has 1 aromatic carbocycles. The molecule has 3 amide bonds. The van der Waals surface area contributed by atoms with E-state index in [1.165, 1.54) is 12.1 Å². The second kappa shape index (κ2) is 8.34. The Hall–Kier alpha value is -2.71. The molecule has 158 valence electrons. The van der Waals surface area contributed by atoms with Crippen LogP contribution in [0, 0.1) is 5.41 Å². The van der Waals surface area contributed by atoms with Crippen molar-refractivity contribution in [1.29, 1.82) is 0 Å². The number of benzene rings is 1. The SMILES string of the molecule is C/C=C/C(=O)N1CCC2(CC1)CCN(C(=O)Nc1ccc(OC(F)(F)F)cc1)C2. The number of carbonyl (C=O) groups excluding carboxylic acids is 2. The Morgan fingerprint density at radius 1 is 1.07 bits per heavy atom. The van der Waals surface area contributed by atoms with Crippen molar-refractivity contribution in [2.45, 2.75) is 32.5 Å². The standard InChI is InChI=1S/C20H24F3N3O3/c1-2-3-17(27)25-11-8-19(9-12-25)10-13-26(14-19)18(28)24-15-4-6-16(7-5-15)29-20(21,22)23/h2-7H,8-14H2,1H3,(H,24,28)/b3-2+. The van der Waals surface area contributed by atoms with Gasteiger partial charge in [0.25, 0.3) is 0 Å². The number of urea groups is 1. The van der Waals surface area contributed by atoms with E-state index < -0.39 is 6.36 Å². The largest absolute Gasteiger partial charge is 0.573 e. The van der Waals surface area contributed by atoms with Crippen LogP contribution in [0.15, 0.2) is 36.4 Å². The first-order valence-corrected chi connectivity index (χ1v) is 9.53. The van der Waals surface area contributed by atoms with Gasteiger partial charge in [-0.05, 0) is 61.9 Å². The number of carbonyl (C=O) groups is 2. The normalized spacial score (nSPS) is 19.0. The highest BCUT2D eigenvalue weighted by molar-refractivity contribution is 5.89. The van der Waals surface area contributed by atoms with Crippen LogP contribution in [0.4, 0.5) is 23.7 Å². The number of allylic oxidation sites excluding steroid dienone is 1. The van der Waals surface area contributed by atoms with Crippen molar-refractivity contribution < 1.29 is 27.5 Å². The number of nitrogens with zero attached hydrogens (tertiary/aromatic N) is 2. The van der Waals surface area contributed by atoms with E-state index in [1.54, 1.807) is 17.1 Å². The maximum Gasteiger partial charge on any atom is 0.573 e. The molecule has 2 fully saturated rings. The van der Waals surface area contributed by atoms with Gasteiger partial charge in [0.05, 0.1) is 0 Å². The quantitative estimate of drug-likeness (QED) is 0.765. The summed E-state index contributed by atoms with van der Waals surface area (Å²) >= 11 is 0. The van der Waals surface area contributed by atoms with E-state index in [-0.39, 0.29) is 23.1 Å². The van der Waals surface area contributed by atoms with Crippen LogP contribution in [0.2, 0.25) is 0 Å². The maximum absolute atomic E-state index is 12.5. The molecule has 0 saturated carbocycles. The number of rotatable bonds is 3. The minimum absolute atomic E-state index is 0.0212. The van der Waals surface area contributed by atoms with Gasteiger partial charge in [0.15, 0.2) is 0 Å². The number of amides is 3. The average Bonchev–Trinajstić information content (AvgIpc) is 3.07. The molecule has 9 heteroatoms. The van der Waals surface area contributed by atoms with Crippen molar-refractivity contribution >= 4 is 17.6 Å². The second-order valence-electron chi connectivity index (χ2n) is 7.50. The van der Waals surface area contributed by atoms with Crippen LogP contribution in [-0.2, 0) is 4.79 Å². The third kappa shape index (κ3) is 5.42. The number of nitrogens with one attached hydrogen (secondary N) is 1. The lowest BCUT2D eigenvalue weighted by Crippen LogP contribution is -2.44. The number of hydrogen-bond acceptors (Lipinski definition) is 3. The molecule has 2 saturated heterocycles. The van der Waals surface area contributed by atoms with Gasteiger partial charge >= 0.3 is 12.4 Å². The highest BCUT2D eigenvalue weighted by atomic mass is 19.4. The van der Waals surface area contributed by atoms with Crippen LogP contribution >= 0.6 is 0 Å². The molecular formula is C20H24F3N3O3. The van der Waals surface area contributed by atoms with E-state index >= 15 is 0 Å². The fourth-order valence-electron chi connectivity index (χ4n) is 3.91. The zero-order valence-corrected chi connectivity index (χ0v) is 16.2. The van der Waals surface area contributed by atoms with Gasteiger partial charge < -0.3 is 19.9 Å². The van der Waals surface area contributed by atoms with E-state index in [2.05, 4.69) is 10.1 Å². The summed E-state index contributed by atoms with van der Waals surface area (Å²) in [5.74, 6) is -0.317. The molecule has 29 heavy (non-hydrogen) atoms. The first-order valence-electron chi connectivity index (χ1n) is 9.53. The second-order valence-corrected chi connectivity index (χ2v) is 7.50. The fraction of sp³-hybridized carbons (Fsp3) is 0.500. The summed E-state index contributed by atoms with van der Waals surface area (Å²) in [6, 6.07) is 4.78. The molecule has 2 heterocycles. The topological polar surface area (TPSA) is 61.9 Å². The number of alkyl halides is 3. The lowest BCUT2D eigenvalue weighted by molar-refractivity contribution is -0.274. The molecule has 2 aliphatic heterocycles. The number of piperidine rings is 1. The van der Waals surface area contributed by atoms with E-state index in [1.807, 2.05) is 11.8 Å². The highest BCUT2D eigenvalue weighted by Crippen LogP contribution is 2.40. The number of ether oxygens (including phenoxy) is 1. The summed E-state index contributed by atoms with van der Waals surface area (Å²) in [5.41, 5.74) is 0.423. The molecule has 3 rings (SSSR count). The van der Waals surface area contributed by atoms with Gasteiger partial charge in [-0.15, -0.1) is 13.2 Å². The summed E-state index contributed by atoms with van der Waals surface area (Å²) in [4.78, 5) is 28.1. The number of hydrogen-bond donors (Lipinski definition) is 1. The molecule has 2 aliphatic rings. The van der Waals surface area contributed by atoms with Crippen molar-refractivity contribution in [3.8, 4) is 5.75 Å². The third-order valence-corrected chi connectivity index (χ3v) is 5.51. The number of likely N-dealkylation sites (tertiary alicyclic amines) is 2. The number of halogens is 3. The van der Waals surface area contributed by atoms with Crippen molar-refractivity contribution in [2.75, 3.05) is 31.5 Å². The summed E-state index contributed by atoms with van der Waals surface area (Å²) in [7, 11) is 0. The zero-order valence-electron chi connectivity index (χ0n) is 16.2. The molecule has 1 N–H and O–H groups in total. The summed E-state index contributed by atoms with van der Waals surface area (Å²) in [6.07, 6.45) is 1.13. The predicted molar refractivity (Wildman–Crippen MR) is 101 cm³/mol. The van der Waals surface area contributed by atoms with E-state index in [0.29, 0.717) is 31.9 Å². The molecule has 1 aromatic rings. The highest BCUT2D eigenvalue weighted by Gasteiger charge is 2.42. The Balaban J connectivity index is 1.51. The molecule has 0 aromatic heterocycles. The van der Waals surface area contributed by atoms with Crippen molar-refractivity contribution in [1.82, 2.24) is 9.80 Å². The number of anilines is 1. The Labute approximate surface area is 167 Å². The molecule has 0 atom stereocenters. The smallest absolute Gasteiger partial charge is 0.406 e. The molecule has 0 aliphatic carbocycles. The Morgan fingerprint density at radius 3 is 2.21 bits per heavy atom. The van der Waals surface area contributed by atoms with Gasteiger partial charge in [-0.25, -0.2) is 4.79 Å². The fourth-order valence-corrected chi connectivity index (χ4v) is 3.91. The zero-order chi connectivity index (χ0) is 21.1. The molecule has 0 unspecified atom stereocenters. The summed E-state index contributed by atoms with van der Waals surface area (Å²) in [5, 5.41) is 2.72. The van der Waals surface area contributed by atoms with E-state index in [4.69, 9.17) is 0 Å². The van der Waals surface area contributed by atoms with E-state index in [0.717, 1.165) is 31.4 Å². The molecule has 1 spiro atoms. The first kappa shape index (κ1) is 21.0. The summed E-state index contributed by atoms with van der Waals surface area (Å²) < 4.78 is 40.5. The van der Waals surface area contributed by atoms with Gasteiger partial charge in [0.2, 0.25) is 5.91 Å². The summed E-state index contributed by atoms with van der Waals surface area (Å²) in [6.45, 7) is 4.40. The Bertz CT molecular complexity index is 769. The van der Waals surface area contributed by atoms with Gasteiger partial charge in [-0.1, -0.05) is 6.08 Å². The molecular weight excluding hydrogens is 387 g/mol. The minimum atomic E-state index is -4.75. The maximum atomic E-state index is 12.5. The van der Waals surface area contributed by atoms with Crippen LogP contribution in [0.5, 0.6) is 5.75 Å². The van der Waals surface area contributed by atoms with Crippen molar-refractivity contribution in [2.24, 2.45) is 5.41 Å². The minimum Gasteiger partial charge on any atom is -0.406 e.